The van der Waals surface area contributed by atoms with Crippen molar-refractivity contribution in [2.24, 2.45) is 0 Å². The Morgan fingerprint density at radius 3 is 0.893 bits per heavy atom. The highest BCUT2D eigenvalue weighted by molar-refractivity contribution is 7.85. The Kier molecular flexibility index (Phi) is 11.7. The molecule has 16 rings (SSSR count). The van der Waals surface area contributed by atoms with Gasteiger partial charge < -0.3 is 23.0 Å². The Labute approximate surface area is 486 Å². The fourth-order valence-electron chi connectivity index (χ4n) is 12.9. The summed E-state index contributed by atoms with van der Waals surface area (Å²) in [6.45, 7) is 0. The van der Waals surface area contributed by atoms with E-state index in [9.17, 15) is 0 Å². The van der Waals surface area contributed by atoms with Gasteiger partial charge in [0, 0.05) is 65.6 Å². The van der Waals surface area contributed by atoms with Gasteiger partial charge in [-0.3, -0.25) is 0 Å². The van der Waals surface area contributed by atoms with Gasteiger partial charge in [0.2, 0.25) is 0 Å². The number of hydrogen-bond donors (Lipinski definition) is 0. The van der Waals surface area contributed by atoms with Crippen molar-refractivity contribution >= 4 is 88.5 Å². The molecule has 0 unspecified atom stereocenters. The molecule has 3 aromatic heterocycles. The maximum absolute atomic E-state index is 16.8. The van der Waals surface area contributed by atoms with Gasteiger partial charge in [0.15, 0.2) is 7.14 Å². The monoisotopic (exact) mass is 1090 g/mol. The van der Waals surface area contributed by atoms with Crippen molar-refractivity contribution in [3.05, 3.63) is 315 Å². The summed E-state index contributed by atoms with van der Waals surface area (Å²) in [6.07, 6.45) is 0. The zero-order valence-electron chi connectivity index (χ0n) is 45.6. The van der Waals surface area contributed by atoms with Gasteiger partial charge in [-0.15, -0.1) is 0 Å². The van der Waals surface area contributed by atoms with E-state index in [1.54, 1.807) is 0 Å². The van der Waals surface area contributed by atoms with Crippen LogP contribution in [0.25, 0.3) is 116 Å². The number of hydrogen-bond acceptors (Lipinski definition) is 2. The molecular formula is C78H52N3O2P. The molecule has 0 aliphatic heterocycles. The summed E-state index contributed by atoms with van der Waals surface area (Å²) in [5, 5.41) is 9.38. The van der Waals surface area contributed by atoms with E-state index >= 15 is 4.57 Å². The third kappa shape index (κ3) is 8.04. The third-order valence-corrected chi connectivity index (χ3v) is 19.9. The van der Waals surface area contributed by atoms with E-state index in [0.717, 1.165) is 83.1 Å². The van der Waals surface area contributed by atoms with Crippen molar-refractivity contribution < 1.29 is 9.30 Å². The van der Waals surface area contributed by atoms with Gasteiger partial charge in [0.1, 0.15) is 11.5 Å². The largest absolute Gasteiger partial charge is 0.456 e. The molecule has 0 bridgehead atoms. The van der Waals surface area contributed by atoms with Crippen molar-refractivity contribution in [2.75, 3.05) is 0 Å². The number of ether oxygens (including phenoxy) is 1. The molecule has 396 valence electrons. The lowest BCUT2D eigenvalue weighted by molar-refractivity contribution is 0.488. The van der Waals surface area contributed by atoms with Crippen LogP contribution in [0.2, 0.25) is 0 Å². The van der Waals surface area contributed by atoms with E-state index in [0.29, 0.717) is 16.8 Å². The zero-order valence-corrected chi connectivity index (χ0v) is 46.5. The molecule has 84 heavy (non-hydrogen) atoms. The van der Waals surface area contributed by atoms with Crippen molar-refractivity contribution in [3.8, 4) is 61.9 Å². The summed E-state index contributed by atoms with van der Waals surface area (Å²) < 4.78 is 31.2. The second-order valence-electron chi connectivity index (χ2n) is 21.5. The summed E-state index contributed by atoms with van der Waals surface area (Å²) in [6, 6.07) is 110. The highest BCUT2D eigenvalue weighted by atomic mass is 31.2. The molecule has 0 amide bonds. The maximum atomic E-state index is 16.8. The molecule has 3 heterocycles. The van der Waals surface area contributed by atoms with Crippen LogP contribution >= 0.6 is 7.14 Å². The first-order valence-corrected chi connectivity index (χ1v) is 30.2. The second-order valence-corrected chi connectivity index (χ2v) is 24.3. The molecule has 0 saturated carbocycles. The molecule has 0 N–H and O–H groups in total. The first-order valence-electron chi connectivity index (χ1n) is 28.5. The lowest BCUT2D eigenvalue weighted by atomic mass is 9.97. The standard InChI is InChI=1S/C78H52N3O2P/c82-84(61-19-3-1-4-20-61,62-21-5-2-6-22-62)78-52-57(54-37-45-59(46-38-54)80-72-31-15-9-25-65(72)66-26-10-16-32-73(66)80)42-50-77(78)83-76-49-41-56(53-35-43-58(44-36-53)79-70-29-13-7-23-63(70)64-24-8-14-30-71(64)79)51-69(76)55-39-47-60(48-40-55)81-74-33-17-11-27-67(74)68-28-12-18-34-75(68)81/h1-52H. The third-order valence-electron chi connectivity index (χ3n) is 16.8. The summed E-state index contributed by atoms with van der Waals surface area (Å²) in [5.74, 6) is 1.16. The molecule has 0 saturated heterocycles. The van der Waals surface area contributed by atoms with E-state index in [1.165, 1.54) is 43.4 Å². The van der Waals surface area contributed by atoms with Crippen molar-refractivity contribution in [1.82, 2.24) is 13.7 Å². The predicted molar refractivity (Wildman–Crippen MR) is 352 cm³/mol. The van der Waals surface area contributed by atoms with Crippen LogP contribution in [0.1, 0.15) is 0 Å². The van der Waals surface area contributed by atoms with Crippen molar-refractivity contribution in [2.45, 2.75) is 0 Å². The van der Waals surface area contributed by atoms with Gasteiger partial charge in [-0.1, -0.05) is 218 Å². The lowest BCUT2D eigenvalue weighted by Crippen LogP contribution is -2.26. The van der Waals surface area contributed by atoms with E-state index in [-0.39, 0.29) is 0 Å². The number of benzene rings is 13. The molecule has 0 fully saturated rings. The fourth-order valence-corrected chi connectivity index (χ4v) is 15.7. The molecule has 6 heteroatoms. The van der Waals surface area contributed by atoms with E-state index in [1.807, 2.05) is 66.7 Å². The van der Waals surface area contributed by atoms with Gasteiger partial charge in [-0.05, 0) is 125 Å². The molecule has 13 aromatic carbocycles. The number of nitrogens with zero attached hydrogens (tertiary/aromatic N) is 3. The Hall–Kier alpha value is -10.7. The molecule has 0 spiro atoms. The van der Waals surface area contributed by atoms with Gasteiger partial charge in [0.05, 0.1) is 38.4 Å². The first-order chi connectivity index (χ1) is 41.5. The molecule has 0 aliphatic rings. The first kappa shape index (κ1) is 49.1. The zero-order chi connectivity index (χ0) is 55.7. The molecule has 0 atom stereocenters. The summed E-state index contributed by atoms with van der Waals surface area (Å²) >= 11 is 0. The predicted octanol–water partition coefficient (Wildman–Crippen LogP) is 19.4. The Morgan fingerprint density at radius 2 is 0.536 bits per heavy atom. The van der Waals surface area contributed by atoms with Gasteiger partial charge in [0.25, 0.3) is 0 Å². The lowest BCUT2D eigenvalue weighted by Gasteiger charge is -2.24. The Balaban J connectivity index is 0.843. The normalized spacial score (nSPS) is 11.9. The van der Waals surface area contributed by atoms with Crippen LogP contribution < -0.4 is 20.7 Å². The average molecular weight is 1090 g/mol. The highest BCUT2D eigenvalue weighted by Gasteiger charge is 2.34. The van der Waals surface area contributed by atoms with Gasteiger partial charge >= 0.3 is 0 Å². The molecule has 5 nitrogen and oxygen atoms in total. The van der Waals surface area contributed by atoms with Gasteiger partial charge in [-0.2, -0.15) is 0 Å². The van der Waals surface area contributed by atoms with Crippen molar-refractivity contribution in [3.63, 3.8) is 0 Å². The van der Waals surface area contributed by atoms with Crippen LogP contribution in [0, 0.1) is 0 Å². The smallest absolute Gasteiger partial charge is 0.174 e. The number of para-hydroxylation sites is 6. The molecule has 0 aliphatic carbocycles. The van der Waals surface area contributed by atoms with Crippen LogP contribution in [0.5, 0.6) is 11.5 Å². The quantitative estimate of drug-likeness (QED) is 0.121. The number of aromatic nitrogens is 3. The van der Waals surface area contributed by atoms with E-state index in [2.05, 4.69) is 262 Å². The van der Waals surface area contributed by atoms with Gasteiger partial charge in [-0.25, -0.2) is 0 Å². The Morgan fingerprint density at radius 1 is 0.250 bits per heavy atom. The maximum Gasteiger partial charge on any atom is 0.174 e. The highest BCUT2D eigenvalue weighted by Crippen LogP contribution is 2.48. The van der Waals surface area contributed by atoms with Crippen LogP contribution in [0.4, 0.5) is 0 Å². The number of fused-ring (bicyclic) bond motifs is 9. The molecular weight excluding hydrogens is 1040 g/mol. The summed E-state index contributed by atoms with van der Waals surface area (Å²) in [5.41, 5.74) is 16.1. The van der Waals surface area contributed by atoms with Crippen LogP contribution in [0.15, 0.2) is 315 Å². The Bertz CT molecular complexity index is 5030. The van der Waals surface area contributed by atoms with Crippen LogP contribution in [-0.4, -0.2) is 13.7 Å². The molecule has 16 aromatic rings. The summed E-state index contributed by atoms with van der Waals surface area (Å²) in [7, 11) is -3.61. The van der Waals surface area contributed by atoms with Crippen LogP contribution in [0.3, 0.4) is 0 Å². The van der Waals surface area contributed by atoms with Crippen LogP contribution in [-0.2, 0) is 4.57 Å². The minimum Gasteiger partial charge on any atom is -0.456 e. The molecule has 0 radical (unpaired) electrons. The SMILES string of the molecule is O=P(c1ccccc1)(c1ccccc1)c1cc(-c2ccc(-n3c4ccccc4c4ccccc43)cc2)ccc1Oc1ccc(-c2ccc(-n3c4ccccc4c4ccccc43)cc2)cc1-c1ccc(-n2c3ccccc3c3ccccc32)cc1. The van der Waals surface area contributed by atoms with E-state index in [4.69, 9.17) is 4.74 Å². The summed E-state index contributed by atoms with van der Waals surface area (Å²) in [4.78, 5) is 0. The fraction of sp³-hybridized carbons (Fsp3) is 0. The topological polar surface area (TPSA) is 41.1 Å². The minimum atomic E-state index is -3.61. The van der Waals surface area contributed by atoms with Crippen molar-refractivity contribution in [1.29, 1.82) is 0 Å². The van der Waals surface area contributed by atoms with E-state index < -0.39 is 7.14 Å². The average Bonchev–Trinajstić information content (AvgIpc) is 2.49. The minimum absolute atomic E-state index is 0.517. The second kappa shape index (κ2) is 20.1. The number of rotatable bonds is 11.